The van der Waals surface area contributed by atoms with Gasteiger partial charge in [0.25, 0.3) is 0 Å². The largest absolute Gasteiger partial charge is 0.490 e. The van der Waals surface area contributed by atoms with Crippen molar-refractivity contribution >= 4 is 24.0 Å². The van der Waals surface area contributed by atoms with E-state index in [-0.39, 0.29) is 30.7 Å². The van der Waals surface area contributed by atoms with Gasteiger partial charge < -0.3 is 40.2 Å². The highest BCUT2D eigenvalue weighted by Gasteiger charge is 2.30. The lowest BCUT2D eigenvalue weighted by Gasteiger charge is -2.27. The van der Waals surface area contributed by atoms with Crippen molar-refractivity contribution in [3.8, 4) is 5.75 Å². The fraction of sp³-hybridized carbons (Fsp3) is 0.647. The molecule has 0 aromatic heterocycles. The molecule has 4 N–H and O–H groups in total. The van der Waals surface area contributed by atoms with Crippen LogP contribution in [0.25, 0.3) is 0 Å². The molecule has 258 valence electrons. The van der Waals surface area contributed by atoms with Crippen molar-refractivity contribution in [3.05, 3.63) is 42.0 Å². The summed E-state index contributed by atoms with van der Waals surface area (Å²) in [6, 6.07) is 4.44. The van der Waals surface area contributed by atoms with E-state index in [1.54, 1.807) is 41.5 Å². The molecule has 0 aliphatic carbocycles. The van der Waals surface area contributed by atoms with Crippen molar-refractivity contribution in [3.63, 3.8) is 0 Å². The van der Waals surface area contributed by atoms with Gasteiger partial charge in [-0.3, -0.25) is 4.79 Å². The highest BCUT2D eigenvalue weighted by molar-refractivity contribution is 5.89. The molecule has 1 aromatic rings. The summed E-state index contributed by atoms with van der Waals surface area (Å²) in [4.78, 5) is 51.9. The molecule has 3 atom stereocenters. The Morgan fingerprint density at radius 3 is 2.24 bits per heavy atom. The first-order valence-corrected chi connectivity index (χ1v) is 16.0. The maximum Gasteiger partial charge on any atom is 0.407 e. The van der Waals surface area contributed by atoms with Gasteiger partial charge in [0.05, 0.1) is 19.3 Å². The number of nitrogens with one attached hydrogen (secondary N) is 4. The topological polar surface area (TPSA) is 153 Å². The maximum absolute atomic E-state index is 13.6. The van der Waals surface area contributed by atoms with Gasteiger partial charge in [-0.1, -0.05) is 32.1 Å². The Kier molecular flexibility index (Phi) is 15.3. The van der Waals surface area contributed by atoms with E-state index >= 15 is 0 Å². The number of carbonyl (C=O) groups is 4. The Morgan fingerprint density at radius 1 is 0.957 bits per heavy atom. The molecule has 2 aliphatic heterocycles. The number of fused-ring (bicyclic) bond motifs is 12. The van der Waals surface area contributed by atoms with Crippen molar-refractivity contribution in [1.29, 1.82) is 0 Å². The van der Waals surface area contributed by atoms with E-state index in [9.17, 15) is 19.2 Å². The van der Waals surface area contributed by atoms with E-state index in [0.717, 1.165) is 5.56 Å². The number of benzene rings is 1. The number of amides is 4. The molecule has 0 radical (unpaired) electrons. The van der Waals surface area contributed by atoms with Crippen molar-refractivity contribution in [2.75, 3.05) is 26.4 Å². The third-order valence-corrected chi connectivity index (χ3v) is 6.73. The molecule has 0 saturated heterocycles. The van der Waals surface area contributed by atoms with E-state index < -0.39 is 41.4 Å². The van der Waals surface area contributed by atoms with Gasteiger partial charge in [0.15, 0.2) is 0 Å². The molecule has 2 heterocycles. The number of rotatable bonds is 9. The maximum atomic E-state index is 13.6. The zero-order valence-electron chi connectivity index (χ0n) is 28.7. The average Bonchev–Trinajstić information content (AvgIpc) is 2.93. The highest BCUT2D eigenvalue weighted by Crippen LogP contribution is 2.16. The van der Waals surface area contributed by atoms with E-state index in [1.165, 1.54) is 0 Å². The first kappa shape index (κ1) is 38.4. The smallest absolute Gasteiger partial charge is 0.407 e. The molecule has 3 rings (SSSR count). The summed E-state index contributed by atoms with van der Waals surface area (Å²) in [5.74, 6) is -0.214. The van der Waals surface area contributed by atoms with E-state index in [1.807, 2.05) is 50.3 Å². The Balaban J connectivity index is 2.15. The molecule has 1 aromatic carbocycles. The monoisotopic (exact) mass is 646 g/mol. The zero-order valence-corrected chi connectivity index (χ0v) is 28.7. The first-order chi connectivity index (χ1) is 21.5. The van der Waals surface area contributed by atoms with Crippen molar-refractivity contribution in [1.82, 2.24) is 21.3 Å². The summed E-state index contributed by atoms with van der Waals surface area (Å²) in [5.41, 5.74) is -0.563. The number of urea groups is 1. The third-order valence-electron chi connectivity index (χ3n) is 6.73. The molecule has 1 unspecified atom stereocenters. The predicted octanol–water partition coefficient (Wildman–Crippen LogP) is 4.41. The second-order valence-electron chi connectivity index (χ2n) is 13.7. The third kappa shape index (κ3) is 16.0. The van der Waals surface area contributed by atoms with Gasteiger partial charge in [0, 0.05) is 13.0 Å². The fourth-order valence-corrected chi connectivity index (χ4v) is 4.35. The van der Waals surface area contributed by atoms with Crippen LogP contribution in [-0.2, 0) is 30.2 Å². The highest BCUT2D eigenvalue weighted by atomic mass is 16.6. The summed E-state index contributed by atoms with van der Waals surface area (Å²) in [5, 5.41) is 11.2. The second kappa shape index (κ2) is 18.4. The molecule has 0 saturated carbocycles. The van der Waals surface area contributed by atoms with Gasteiger partial charge in [0.2, 0.25) is 5.91 Å². The molecule has 0 spiro atoms. The van der Waals surface area contributed by atoms with Crippen LogP contribution in [0.1, 0.15) is 80.2 Å². The number of hydrogen-bond donors (Lipinski definition) is 4. The number of unbranched alkanes of at least 4 members (excludes halogenated alkanes) is 1. The standard InChI is InChI=1S/C34H54N4O8/c1-23(2)28-22-43-19-11-12-20-44-25-16-14-24(15-17-25)21-27(29(39)36-28)38-31(41)37-26(30(40)45-33(3,4)5)13-9-10-18-35-32(42)46-34(6,7)8/h11-12,14-17,23,26-28H,9-10,13,18-22H2,1-8H3,(H,35,42)(H,36,39)(H2,37,38,41)/b12-11+/t26-,27+,28?/m0/s1. The van der Waals surface area contributed by atoms with Gasteiger partial charge in [-0.05, 0) is 90.5 Å². The van der Waals surface area contributed by atoms with Crippen LogP contribution in [0.4, 0.5) is 9.59 Å². The Bertz CT molecular complexity index is 1160. The lowest BCUT2D eigenvalue weighted by atomic mass is 10.0. The number of esters is 1. The normalized spacial score (nSPS) is 19.3. The summed E-state index contributed by atoms with van der Waals surface area (Å²) in [6.07, 6.45) is 4.74. The molecule has 12 nitrogen and oxygen atoms in total. The van der Waals surface area contributed by atoms with Crippen LogP contribution < -0.4 is 26.0 Å². The lowest BCUT2D eigenvalue weighted by Crippen LogP contribution is -2.56. The zero-order chi connectivity index (χ0) is 34.3. The van der Waals surface area contributed by atoms with Crippen LogP contribution in [0.3, 0.4) is 0 Å². The van der Waals surface area contributed by atoms with Crippen molar-refractivity contribution in [2.45, 2.75) is 110 Å². The van der Waals surface area contributed by atoms with E-state index in [0.29, 0.717) is 45.0 Å². The number of alkyl carbamates (subject to hydrolysis) is 1. The van der Waals surface area contributed by atoms with Crippen molar-refractivity contribution in [2.24, 2.45) is 5.92 Å². The predicted molar refractivity (Wildman–Crippen MR) is 176 cm³/mol. The Labute approximate surface area is 273 Å². The number of hydrogen-bond acceptors (Lipinski definition) is 8. The Morgan fingerprint density at radius 2 is 1.61 bits per heavy atom. The quantitative estimate of drug-likeness (QED) is 0.175. The minimum absolute atomic E-state index is 0.0743. The minimum atomic E-state index is -0.976. The molecule has 12 heteroatoms. The van der Waals surface area contributed by atoms with Crippen molar-refractivity contribution < 1.29 is 38.1 Å². The van der Waals surface area contributed by atoms with Gasteiger partial charge in [-0.25, -0.2) is 14.4 Å². The summed E-state index contributed by atoms with van der Waals surface area (Å²) in [7, 11) is 0. The summed E-state index contributed by atoms with van der Waals surface area (Å²) < 4.78 is 22.3. The molecular weight excluding hydrogens is 592 g/mol. The van der Waals surface area contributed by atoms with Crippen LogP contribution in [0.5, 0.6) is 5.75 Å². The SMILES string of the molecule is CC(C)C1COC/C=C/COc2ccc(cc2)C[C@@H](NC(=O)N[C@@H](CCCCNC(=O)OC(C)(C)C)C(=O)OC(C)(C)C)C(=O)N1. The lowest BCUT2D eigenvalue weighted by molar-refractivity contribution is -0.157. The Hall–Kier alpha value is -3.80. The average molecular weight is 647 g/mol. The van der Waals surface area contributed by atoms with Gasteiger partial charge in [-0.2, -0.15) is 0 Å². The molecule has 0 fully saturated rings. The van der Waals surface area contributed by atoms with Crippen LogP contribution >= 0.6 is 0 Å². The van der Waals surface area contributed by atoms with Crippen LogP contribution in [-0.4, -0.2) is 79.7 Å². The van der Waals surface area contributed by atoms with Crippen LogP contribution in [0, 0.1) is 5.92 Å². The summed E-state index contributed by atoms with van der Waals surface area (Å²) in [6.45, 7) is 16.0. The molecular formula is C34H54N4O8. The molecule has 46 heavy (non-hydrogen) atoms. The van der Waals surface area contributed by atoms with E-state index in [4.69, 9.17) is 18.9 Å². The summed E-state index contributed by atoms with van der Waals surface area (Å²) >= 11 is 0. The minimum Gasteiger partial charge on any atom is -0.490 e. The first-order valence-electron chi connectivity index (χ1n) is 16.0. The molecule has 2 bridgehead atoms. The number of carbonyl (C=O) groups excluding carboxylic acids is 4. The molecule has 4 amide bonds. The fourth-order valence-electron chi connectivity index (χ4n) is 4.35. The van der Waals surface area contributed by atoms with Gasteiger partial charge >= 0.3 is 18.1 Å². The van der Waals surface area contributed by atoms with Crippen LogP contribution in [0.2, 0.25) is 0 Å². The van der Waals surface area contributed by atoms with Gasteiger partial charge in [-0.15, -0.1) is 0 Å². The van der Waals surface area contributed by atoms with Gasteiger partial charge in [0.1, 0.15) is 35.6 Å². The number of ether oxygens (including phenoxy) is 4. The van der Waals surface area contributed by atoms with Crippen LogP contribution in [0.15, 0.2) is 36.4 Å². The second-order valence-corrected chi connectivity index (χ2v) is 13.7. The van der Waals surface area contributed by atoms with E-state index in [2.05, 4.69) is 21.3 Å². The molecule has 2 aliphatic rings.